The predicted molar refractivity (Wildman–Crippen MR) is 46.3 cm³/mol. The zero-order valence-corrected chi connectivity index (χ0v) is 7.49. The molecule has 3 N–H and O–H groups in total. The van der Waals surface area contributed by atoms with E-state index in [1.165, 1.54) is 0 Å². The molecular formula is C9H15NO3. The number of carboxylic acid groups (broad SMARTS) is 1. The summed E-state index contributed by atoms with van der Waals surface area (Å²) in [6.07, 6.45) is 2.17. The molecule has 74 valence electrons. The number of hydrogen-bond donors (Lipinski definition) is 3. The average Bonchev–Trinajstić information content (AvgIpc) is 2.34. The molecule has 0 radical (unpaired) electrons. The number of aliphatic hydroxyl groups excluding tert-OH is 1. The van der Waals surface area contributed by atoms with Crippen molar-refractivity contribution in [3.05, 3.63) is 0 Å². The standard InChI is InChI=1S/C9H15NO3/c11-7-3-1-2-6(7)9(8(12)13)4-10-5-9/h6-7,10-11H,1-5H2,(H,12,13). The largest absolute Gasteiger partial charge is 0.481 e. The molecule has 2 aliphatic rings. The maximum absolute atomic E-state index is 11.1. The summed E-state index contributed by atoms with van der Waals surface area (Å²) in [6, 6.07) is 0. The Morgan fingerprint density at radius 2 is 2.08 bits per heavy atom. The molecule has 1 heterocycles. The van der Waals surface area contributed by atoms with E-state index in [1.807, 2.05) is 0 Å². The molecule has 1 saturated carbocycles. The second kappa shape index (κ2) is 2.96. The minimum absolute atomic E-state index is 0.0359. The first kappa shape index (κ1) is 8.97. The summed E-state index contributed by atoms with van der Waals surface area (Å²) in [5.41, 5.74) is -0.671. The zero-order chi connectivity index (χ0) is 9.47. The van der Waals surface area contributed by atoms with Gasteiger partial charge in [0.15, 0.2) is 0 Å². The highest BCUT2D eigenvalue weighted by Gasteiger charge is 2.54. The molecule has 0 spiro atoms. The summed E-state index contributed by atoms with van der Waals surface area (Å²) in [5, 5.41) is 21.7. The second-order valence-electron chi connectivity index (χ2n) is 4.17. The van der Waals surface area contributed by atoms with E-state index in [4.69, 9.17) is 5.11 Å². The van der Waals surface area contributed by atoms with Gasteiger partial charge in [-0.2, -0.15) is 0 Å². The van der Waals surface area contributed by atoms with Crippen molar-refractivity contribution in [3.8, 4) is 0 Å². The van der Waals surface area contributed by atoms with Gasteiger partial charge < -0.3 is 15.5 Å². The Hall–Kier alpha value is -0.610. The first-order chi connectivity index (χ1) is 6.17. The number of nitrogens with one attached hydrogen (secondary N) is 1. The Balaban J connectivity index is 2.16. The van der Waals surface area contributed by atoms with Gasteiger partial charge in [0, 0.05) is 19.0 Å². The van der Waals surface area contributed by atoms with Crippen LogP contribution in [0, 0.1) is 11.3 Å². The number of rotatable bonds is 2. The van der Waals surface area contributed by atoms with Gasteiger partial charge in [-0.05, 0) is 12.8 Å². The van der Waals surface area contributed by atoms with Crippen LogP contribution >= 0.6 is 0 Å². The lowest BCUT2D eigenvalue weighted by molar-refractivity contribution is -0.160. The second-order valence-corrected chi connectivity index (χ2v) is 4.17. The number of hydrogen-bond acceptors (Lipinski definition) is 3. The first-order valence-corrected chi connectivity index (χ1v) is 4.79. The van der Waals surface area contributed by atoms with Crippen LogP contribution in [0.4, 0.5) is 0 Å². The van der Waals surface area contributed by atoms with Crippen LogP contribution in [0.3, 0.4) is 0 Å². The molecule has 2 unspecified atom stereocenters. The SMILES string of the molecule is O=C(O)C1(C2CCCC2O)CNC1. The molecule has 13 heavy (non-hydrogen) atoms. The monoisotopic (exact) mass is 185 g/mol. The predicted octanol–water partition coefficient (Wildman–Crippen LogP) is -0.178. The minimum atomic E-state index is -0.753. The Morgan fingerprint density at radius 1 is 1.38 bits per heavy atom. The molecule has 0 amide bonds. The van der Waals surface area contributed by atoms with Crippen molar-refractivity contribution >= 4 is 5.97 Å². The molecule has 1 saturated heterocycles. The third-order valence-electron chi connectivity index (χ3n) is 3.50. The lowest BCUT2D eigenvalue weighted by atomic mass is 9.69. The van der Waals surface area contributed by atoms with Crippen molar-refractivity contribution < 1.29 is 15.0 Å². The van der Waals surface area contributed by atoms with Gasteiger partial charge in [0.05, 0.1) is 11.5 Å². The lowest BCUT2D eigenvalue weighted by Crippen LogP contribution is -2.63. The number of aliphatic hydroxyl groups is 1. The van der Waals surface area contributed by atoms with Gasteiger partial charge in [0.1, 0.15) is 0 Å². The maximum Gasteiger partial charge on any atom is 0.312 e. The molecule has 2 fully saturated rings. The van der Waals surface area contributed by atoms with Gasteiger partial charge >= 0.3 is 5.97 Å². The Kier molecular flexibility index (Phi) is 2.04. The van der Waals surface area contributed by atoms with E-state index in [0.29, 0.717) is 13.1 Å². The smallest absolute Gasteiger partial charge is 0.312 e. The quantitative estimate of drug-likeness (QED) is 0.558. The Labute approximate surface area is 76.9 Å². The number of carboxylic acids is 1. The summed E-state index contributed by atoms with van der Waals surface area (Å²) in [7, 11) is 0. The van der Waals surface area contributed by atoms with Gasteiger partial charge in [0.2, 0.25) is 0 Å². The molecule has 1 aliphatic heterocycles. The van der Waals surface area contributed by atoms with Crippen molar-refractivity contribution in [2.24, 2.45) is 11.3 Å². The van der Waals surface area contributed by atoms with Gasteiger partial charge in [-0.25, -0.2) is 0 Å². The molecule has 2 atom stereocenters. The Morgan fingerprint density at radius 3 is 2.38 bits per heavy atom. The molecule has 4 heteroatoms. The third kappa shape index (κ3) is 1.16. The normalized spacial score (nSPS) is 37.0. The molecule has 1 aliphatic carbocycles. The summed E-state index contributed by atoms with van der Waals surface area (Å²) in [4.78, 5) is 11.1. The fourth-order valence-electron chi connectivity index (χ4n) is 2.55. The summed E-state index contributed by atoms with van der Waals surface area (Å²) in [5.74, 6) is -0.788. The van der Waals surface area contributed by atoms with Gasteiger partial charge in [-0.1, -0.05) is 6.42 Å². The number of aliphatic carboxylic acids is 1. The van der Waals surface area contributed by atoms with E-state index >= 15 is 0 Å². The van der Waals surface area contributed by atoms with E-state index in [9.17, 15) is 9.90 Å². The highest BCUT2D eigenvalue weighted by atomic mass is 16.4. The van der Waals surface area contributed by atoms with Crippen LogP contribution in [0.5, 0.6) is 0 Å². The van der Waals surface area contributed by atoms with Gasteiger partial charge in [-0.15, -0.1) is 0 Å². The molecule has 0 bridgehead atoms. The number of carbonyl (C=O) groups is 1. The molecule has 2 rings (SSSR count). The maximum atomic E-state index is 11.1. The van der Waals surface area contributed by atoms with Crippen molar-refractivity contribution in [1.29, 1.82) is 0 Å². The van der Waals surface area contributed by atoms with Crippen LogP contribution in [-0.2, 0) is 4.79 Å². The van der Waals surface area contributed by atoms with Crippen LogP contribution in [-0.4, -0.2) is 35.4 Å². The van der Waals surface area contributed by atoms with E-state index in [1.54, 1.807) is 0 Å². The van der Waals surface area contributed by atoms with E-state index in [-0.39, 0.29) is 5.92 Å². The van der Waals surface area contributed by atoms with Crippen molar-refractivity contribution in [2.45, 2.75) is 25.4 Å². The van der Waals surface area contributed by atoms with E-state index in [0.717, 1.165) is 19.3 Å². The molecule has 0 aromatic rings. The Bertz CT molecular complexity index is 225. The van der Waals surface area contributed by atoms with E-state index < -0.39 is 17.5 Å². The van der Waals surface area contributed by atoms with Gasteiger partial charge in [-0.3, -0.25) is 4.79 Å². The van der Waals surface area contributed by atoms with Crippen LogP contribution in [0.25, 0.3) is 0 Å². The fourth-order valence-corrected chi connectivity index (χ4v) is 2.55. The molecule has 0 aromatic heterocycles. The summed E-state index contributed by atoms with van der Waals surface area (Å²) >= 11 is 0. The zero-order valence-electron chi connectivity index (χ0n) is 7.49. The average molecular weight is 185 g/mol. The lowest BCUT2D eigenvalue weighted by Gasteiger charge is -2.44. The molecule has 4 nitrogen and oxygen atoms in total. The summed E-state index contributed by atoms with van der Waals surface area (Å²) in [6.45, 7) is 1.04. The van der Waals surface area contributed by atoms with Crippen LogP contribution in [0.2, 0.25) is 0 Å². The van der Waals surface area contributed by atoms with E-state index in [2.05, 4.69) is 5.32 Å². The minimum Gasteiger partial charge on any atom is -0.481 e. The highest BCUT2D eigenvalue weighted by molar-refractivity contribution is 5.77. The molecule has 0 aromatic carbocycles. The summed E-state index contributed by atoms with van der Waals surface area (Å²) < 4.78 is 0. The van der Waals surface area contributed by atoms with Gasteiger partial charge in [0.25, 0.3) is 0 Å². The first-order valence-electron chi connectivity index (χ1n) is 4.79. The van der Waals surface area contributed by atoms with Crippen molar-refractivity contribution in [3.63, 3.8) is 0 Å². The van der Waals surface area contributed by atoms with Crippen LogP contribution in [0.15, 0.2) is 0 Å². The highest BCUT2D eigenvalue weighted by Crippen LogP contribution is 2.42. The fraction of sp³-hybridized carbons (Fsp3) is 0.889. The third-order valence-corrected chi connectivity index (χ3v) is 3.50. The van der Waals surface area contributed by atoms with Crippen LogP contribution in [0.1, 0.15) is 19.3 Å². The topological polar surface area (TPSA) is 69.6 Å². The molecular weight excluding hydrogens is 170 g/mol. The van der Waals surface area contributed by atoms with Crippen LogP contribution < -0.4 is 5.32 Å². The van der Waals surface area contributed by atoms with Crippen molar-refractivity contribution in [2.75, 3.05) is 13.1 Å². The van der Waals surface area contributed by atoms with Crippen molar-refractivity contribution in [1.82, 2.24) is 5.32 Å².